The number of carbonyl (C=O) groups is 4. The standard InChI is InChI=1S/C20H26N10O5/c21-4-17(31)28-14(1-11-5-22-8-25-11)18(32)29-15(2-12-6-23-9-26-12)19(33)30-16(20(34)35)3-13-7-24-10-27-13/h5-10,14-16H,1-4,21H2,(H,22,25)(H,23,26)(H,24,27)(H,28,31)(H,29,32)(H,30,33)(H,34,35)/t14-,15-,16-/m0/s1. The second-order valence-corrected chi connectivity index (χ2v) is 7.58. The number of aromatic amines is 3. The Morgan fingerprint density at radius 3 is 1.51 bits per heavy atom. The van der Waals surface area contributed by atoms with E-state index in [0.717, 1.165) is 0 Å². The number of nitrogens with zero attached hydrogens (tertiary/aromatic N) is 3. The van der Waals surface area contributed by atoms with Crippen molar-refractivity contribution in [1.82, 2.24) is 45.9 Å². The lowest BCUT2D eigenvalue weighted by molar-refractivity contribution is -0.142. The Hall–Kier alpha value is -4.53. The van der Waals surface area contributed by atoms with Gasteiger partial charge < -0.3 is 41.7 Å². The summed E-state index contributed by atoms with van der Waals surface area (Å²) < 4.78 is 0. The lowest BCUT2D eigenvalue weighted by Crippen LogP contribution is -2.57. The number of carboxylic acids is 1. The number of nitrogens with two attached hydrogens (primary N) is 1. The third-order valence-corrected chi connectivity index (χ3v) is 4.99. The van der Waals surface area contributed by atoms with Gasteiger partial charge in [-0.1, -0.05) is 0 Å². The van der Waals surface area contributed by atoms with Gasteiger partial charge in [0.1, 0.15) is 18.1 Å². The van der Waals surface area contributed by atoms with Crippen molar-refractivity contribution in [3.8, 4) is 0 Å². The van der Waals surface area contributed by atoms with E-state index < -0.39 is 41.8 Å². The Labute approximate surface area is 198 Å². The molecule has 3 aromatic rings. The summed E-state index contributed by atoms with van der Waals surface area (Å²) >= 11 is 0. The number of rotatable bonds is 13. The molecule has 0 aliphatic heterocycles. The normalized spacial score (nSPS) is 13.4. The molecule has 0 saturated carbocycles. The molecule has 186 valence electrons. The highest BCUT2D eigenvalue weighted by Crippen LogP contribution is 2.05. The average Bonchev–Trinajstić information content (AvgIpc) is 3.61. The van der Waals surface area contributed by atoms with Crippen LogP contribution in [-0.4, -0.2) is 83.4 Å². The van der Waals surface area contributed by atoms with Crippen molar-refractivity contribution >= 4 is 23.7 Å². The van der Waals surface area contributed by atoms with Crippen molar-refractivity contribution < 1.29 is 24.3 Å². The maximum atomic E-state index is 13.1. The first-order valence-corrected chi connectivity index (χ1v) is 10.6. The van der Waals surface area contributed by atoms with E-state index in [4.69, 9.17) is 5.73 Å². The maximum absolute atomic E-state index is 13.1. The molecule has 0 aromatic carbocycles. The van der Waals surface area contributed by atoms with Crippen LogP contribution >= 0.6 is 0 Å². The summed E-state index contributed by atoms with van der Waals surface area (Å²) in [6.45, 7) is -0.338. The highest BCUT2D eigenvalue weighted by molar-refractivity contribution is 5.93. The Morgan fingerprint density at radius 1 is 0.743 bits per heavy atom. The third kappa shape index (κ3) is 7.50. The summed E-state index contributed by atoms with van der Waals surface area (Å²) in [4.78, 5) is 70.2. The van der Waals surface area contributed by atoms with Crippen molar-refractivity contribution in [2.45, 2.75) is 37.4 Å². The minimum atomic E-state index is -1.29. The summed E-state index contributed by atoms with van der Waals surface area (Å²) in [6.07, 6.45) is 8.79. The second kappa shape index (κ2) is 12.1. The van der Waals surface area contributed by atoms with Crippen LogP contribution in [0.25, 0.3) is 0 Å². The van der Waals surface area contributed by atoms with Gasteiger partial charge in [-0.15, -0.1) is 0 Å². The molecule has 15 heteroatoms. The van der Waals surface area contributed by atoms with Crippen LogP contribution in [0.2, 0.25) is 0 Å². The zero-order chi connectivity index (χ0) is 25.2. The van der Waals surface area contributed by atoms with E-state index in [1.54, 1.807) is 12.4 Å². The number of hydrogen-bond donors (Lipinski definition) is 8. The number of H-pyrrole nitrogens is 3. The Kier molecular flexibility index (Phi) is 8.66. The van der Waals surface area contributed by atoms with Gasteiger partial charge in [-0.25, -0.2) is 19.7 Å². The van der Waals surface area contributed by atoms with Gasteiger partial charge in [0.25, 0.3) is 0 Å². The highest BCUT2D eigenvalue weighted by atomic mass is 16.4. The second-order valence-electron chi connectivity index (χ2n) is 7.58. The summed E-state index contributed by atoms with van der Waals surface area (Å²) in [5.41, 5.74) is 6.77. The van der Waals surface area contributed by atoms with E-state index in [2.05, 4.69) is 45.9 Å². The van der Waals surface area contributed by atoms with Gasteiger partial charge in [-0.05, 0) is 0 Å². The van der Waals surface area contributed by atoms with Crippen LogP contribution in [-0.2, 0) is 38.4 Å². The molecule has 0 radical (unpaired) electrons. The van der Waals surface area contributed by atoms with Gasteiger partial charge in [0.05, 0.1) is 42.6 Å². The van der Waals surface area contributed by atoms with Crippen LogP contribution in [0, 0.1) is 0 Å². The van der Waals surface area contributed by atoms with Gasteiger partial charge in [-0.2, -0.15) is 0 Å². The molecule has 15 nitrogen and oxygen atoms in total. The molecule has 9 N–H and O–H groups in total. The predicted molar refractivity (Wildman–Crippen MR) is 119 cm³/mol. The zero-order valence-corrected chi connectivity index (χ0v) is 18.5. The quantitative estimate of drug-likeness (QED) is 0.126. The number of nitrogens with one attached hydrogen (secondary N) is 6. The fraction of sp³-hybridized carbons (Fsp3) is 0.350. The molecule has 0 saturated heterocycles. The first-order valence-electron chi connectivity index (χ1n) is 10.6. The molecule has 0 bridgehead atoms. The van der Waals surface area contributed by atoms with E-state index in [1.807, 2.05) is 0 Å². The van der Waals surface area contributed by atoms with Gasteiger partial charge in [-0.3, -0.25) is 14.4 Å². The Balaban J connectivity index is 1.76. The Morgan fingerprint density at radius 2 is 1.14 bits per heavy atom. The highest BCUT2D eigenvalue weighted by Gasteiger charge is 2.30. The number of carboxylic acid groups (broad SMARTS) is 1. The van der Waals surface area contributed by atoms with Gasteiger partial charge in [0, 0.05) is 37.9 Å². The summed E-state index contributed by atoms with van der Waals surface area (Å²) in [5.74, 6) is -3.26. The monoisotopic (exact) mass is 486 g/mol. The SMILES string of the molecule is NCC(=O)N[C@@H](Cc1c[nH]cn1)C(=O)N[C@@H](Cc1c[nH]cn1)C(=O)N[C@@H](Cc1c[nH]cn1)C(=O)O. The van der Waals surface area contributed by atoms with Crippen LogP contribution in [0.1, 0.15) is 17.1 Å². The zero-order valence-electron chi connectivity index (χ0n) is 18.5. The average molecular weight is 486 g/mol. The third-order valence-electron chi connectivity index (χ3n) is 4.99. The molecule has 0 aliphatic rings. The molecule has 3 aromatic heterocycles. The molecular formula is C20H26N10O5. The minimum Gasteiger partial charge on any atom is -0.480 e. The molecule has 3 heterocycles. The number of aromatic nitrogens is 6. The first kappa shape index (κ1) is 25.1. The molecular weight excluding hydrogens is 460 g/mol. The van der Waals surface area contributed by atoms with Gasteiger partial charge >= 0.3 is 5.97 Å². The molecule has 3 atom stereocenters. The number of hydrogen-bond acceptors (Lipinski definition) is 8. The topological polar surface area (TPSA) is 237 Å². The van der Waals surface area contributed by atoms with Crippen LogP contribution in [0.5, 0.6) is 0 Å². The molecule has 35 heavy (non-hydrogen) atoms. The number of imidazole rings is 3. The van der Waals surface area contributed by atoms with E-state index in [0.29, 0.717) is 17.1 Å². The number of carbonyl (C=O) groups excluding carboxylic acids is 3. The Bertz CT molecular complexity index is 1100. The lowest BCUT2D eigenvalue weighted by Gasteiger charge is -2.24. The van der Waals surface area contributed by atoms with Crippen LogP contribution in [0.3, 0.4) is 0 Å². The molecule has 0 unspecified atom stereocenters. The van der Waals surface area contributed by atoms with Crippen molar-refractivity contribution in [3.63, 3.8) is 0 Å². The van der Waals surface area contributed by atoms with Gasteiger partial charge in [0.2, 0.25) is 17.7 Å². The fourth-order valence-corrected chi connectivity index (χ4v) is 3.25. The molecule has 0 spiro atoms. The van der Waals surface area contributed by atoms with E-state index in [-0.39, 0.29) is 25.8 Å². The van der Waals surface area contributed by atoms with Crippen molar-refractivity contribution in [2.24, 2.45) is 5.73 Å². The van der Waals surface area contributed by atoms with Crippen molar-refractivity contribution in [3.05, 3.63) is 54.7 Å². The first-order chi connectivity index (χ1) is 16.9. The molecule has 0 aliphatic carbocycles. The number of aliphatic carboxylic acids is 1. The number of amides is 3. The maximum Gasteiger partial charge on any atom is 0.326 e. The lowest BCUT2D eigenvalue weighted by atomic mass is 10.1. The van der Waals surface area contributed by atoms with Crippen molar-refractivity contribution in [2.75, 3.05) is 6.54 Å². The van der Waals surface area contributed by atoms with Crippen LogP contribution in [0.4, 0.5) is 0 Å². The summed E-state index contributed by atoms with van der Waals surface area (Å²) in [7, 11) is 0. The van der Waals surface area contributed by atoms with Crippen molar-refractivity contribution in [1.29, 1.82) is 0 Å². The fourth-order valence-electron chi connectivity index (χ4n) is 3.25. The summed E-state index contributed by atoms with van der Waals surface area (Å²) in [6, 6.07) is -3.56. The molecule has 0 fully saturated rings. The largest absolute Gasteiger partial charge is 0.480 e. The van der Waals surface area contributed by atoms with Crippen LogP contribution < -0.4 is 21.7 Å². The molecule has 3 rings (SSSR count). The van der Waals surface area contributed by atoms with Gasteiger partial charge in [0.15, 0.2) is 0 Å². The van der Waals surface area contributed by atoms with E-state index in [1.165, 1.54) is 25.2 Å². The smallest absolute Gasteiger partial charge is 0.326 e. The minimum absolute atomic E-state index is 0.0320. The van der Waals surface area contributed by atoms with Crippen LogP contribution in [0.15, 0.2) is 37.6 Å². The molecule has 3 amide bonds. The predicted octanol–water partition coefficient (Wildman–Crippen LogP) is -2.62. The van der Waals surface area contributed by atoms with E-state index in [9.17, 15) is 24.3 Å². The summed E-state index contributed by atoms with van der Waals surface area (Å²) in [5, 5.41) is 17.1. The van der Waals surface area contributed by atoms with E-state index >= 15 is 0 Å².